The van der Waals surface area contributed by atoms with Crippen LogP contribution in [-0.2, 0) is 19.0 Å². The molecule has 2 unspecified atom stereocenters. The molecule has 7 nitrogen and oxygen atoms in total. The molecule has 0 radical (unpaired) electrons. The largest absolute Gasteiger partial charge is 0.508 e. The molecule has 2 atom stereocenters. The van der Waals surface area contributed by atoms with E-state index in [1.165, 1.54) is 57.8 Å². The molecule has 256 valence electrons. The van der Waals surface area contributed by atoms with E-state index in [4.69, 9.17) is 14.2 Å². The van der Waals surface area contributed by atoms with E-state index in [0.29, 0.717) is 51.0 Å². The van der Waals surface area contributed by atoms with Gasteiger partial charge in [-0.05, 0) is 71.4 Å². The molecule has 0 aliphatic rings. The van der Waals surface area contributed by atoms with Gasteiger partial charge in [0.05, 0.1) is 6.61 Å². The average molecular weight is 613 g/mol. The highest BCUT2D eigenvalue weighted by molar-refractivity contribution is 5.69. The van der Waals surface area contributed by atoms with E-state index in [-0.39, 0.29) is 12.1 Å². The Labute approximate surface area is 267 Å². The van der Waals surface area contributed by atoms with Crippen LogP contribution in [0.5, 0.6) is 0 Å². The van der Waals surface area contributed by atoms with Crippen LogP contribution in [-0.4, -0.2) is 80.0 Å². The summed E-state index contributed by atoms with van der Waals surface area (Å²) in [6.45, 7) is 21.0. The minimum Gasteiger partial charge on any atom is -0.465 e. The topological polar surface area (TPSA) is 68.3 Å². The van der Waals surface area contributed by atoms with E-state index in [1.807, 2.05) is 0 Å². The molecule has 0 bridgehead atoms. The van der Waals surface area contributed by atoms with Crippen molar-refractivity contribution in [3.63, 3.8) is 0 Å². The van der Waals surface area contributed by atoms with Gasteiger partial charge in [0.25, 0.3) is 0 Å². The summed E-state index contributed by atoms with van der Waals surface area (Å²) in [4.78, 5) is 29.9. The molecule has 0 saturated carbocycles. The monoisotopic (exact) mass is 613 g/mol. The predicted molar refractivity (Wildman–Crippen MR) is 181 cm³/mol. The lowest BCUT2D eigenvalue weighted by Gasteiger charge is -2.29. The molecule has 0 saturated heterocycles. The van der Waals surface area contributed by atoms with Gasteiger partial charge in [-0.25, -0.2) is 4.79 Å². The van der Waals surface area contributed by atoms with E-state index in [2.05, 4.69) is 58.3 Å². The SMILES string of the molecule is CCCCCCCC(CCCC(=O)OCC(CCCC)CCCCCC)OC(=O)OCCN(CCN(CC)CC)C(C)C. The van der Waals surface area contributed by atoms with Crippen LogP contribution in [0.1, 0.15) is 158 Å². The second-order valence-electron chi connectivity index (χ2n) is 12.6. The number of hydrogen-bond acceptors (Lipinski definition) is 7. The lowest BCUT2D eigenvalue weighted by atomic mass is 9.96. The summed E-state index contributed by atoms with van der Waals surface area (Å²) in [6.07, 6.45) is 17.2. The fourth-order valence-electron chi connectivity index (χ4n) is 5.51. The first-order chi connectivity index (χ1) is 20.8. The van der Waals surface area contributed by atoms with Crippen molar-refractivity contribution in [1.29, 1.82) is 0 Å². The molecule has 0 aromatic carbocycles. The van der Waals surface area contributed by atoms with Gasteiger partial charge < -0.3 is 19.1 Å². The molecule has 7 heteroatoms. The minimum absolute atomic E-state index is 0.127. The number of hydrogen-bond donors (Lipinski definition) is 0. The maximum atomic E-state index is 12.6. The Hall–Kier alpha value is -1.34. The Morgan fingerprint density at radius 3 is 1.84 bits per heavy atom. The highest BCUT2D eigenvalue weighted by Crippen LogP contribution is 2.19. The smallest absolute Gasteiger partial charge is 0.465 e. The molecule has 0 N–H and O–H groups in total. The van der Waals surface area contributed by atoms with Gasteiger partial charge in [0, 0.05) is 32.1 Å². The molecular formula is C36H72N2O5. The van der Waals surface area contributed by atoms with Crippen LogP contribution in [0.15, 0.2) is 0 Å². The Morgan fingerprint density at radius 1 is 0.628 bits per heavy atom. The zero-order valence-corrected chi connectivity index (χ0v) is 29.6. The zero-order valence-electron chi connectivity index (χ0n) is 29.6. The van der Waals surface area contributed by atoms with Gasteiger partial charge in [-0.1, -0.05) is 98.8 Å². The van der Waals surface area contributed by atoms with Crippen molar-refractivity contribution in [2.75, 3.05) is 45.9 Å². The van der Waals surface area contributed by atoms with Crippen molar-refractivity contribution in [2.45, 2.75) is 170 Å². The lowest BCUT2D eigenvalue weighted by Crippen LogP contribution is -2.40. The van der Waals surface area contributed by atoms with Gasteiger partial charge in [-0.3, -0.25) is 9.69 Å². The van der Waals surface area contributed by atoms with Gasteiger partial charge in [0.1, 0.15) is 12.7 Å². The van der Waals surface area contributed by atoms with E-state index in [9.17, 15) is 9.59 Å². The van der Waals surface area contributed by atoms with Crippen molar-refractivity contribution in [3.05, 3.63) is 0 Å². The minimum atomic E-state index is -0.588. The maximum Gasteiger partial charge on any atom is 0.508 e. The Kier molecular flexibility index (Phi) is 28.5. The van der Waals surface area contributed by atoms with Crippen molar-refractivity contribution in [2.24, 2.45) is 5.92 Å². The van der Waals surface area contributed by atoms with Crippen LogP contribution in [0.2, 0.25) is 0 Å². The summed E-state index contributed by atoms with van der Waals surface area (Å²) in [5.74, 6) is 0.344. The van der Waals surface area contributed by atoms with Crippen LogP contribution < -0.4 is 0 Å². The summed E-state index contributed by atoms with van der Waals surface area (Å²) in [5, 5.41) is 0. The standard InChI is InChI=1S/C36H72N2O5/c1-8-13-16-18-20-24-34(43-36(40)41-30-29-38(32(6)7)28-27-37(11-4)12-5)25-21-26-35(39)42-31-33(22-15-10-3)23-19-17-14-9-2/h32-34H,8-31H2,1-7H3. The molecule has 0 fully saturated rings. The number of nitrogens with zero attached hydrogens (tertiary/aromatic N) is 2. The molecule has 43 heavy (non-hydrogen) atoms. The van der Waals surface area contributed by atoms with Crippen LogP contribution in [0.3, 0.4) is 0 Å². The molecule has 0 aliphatic heterocycles. The fraction of sp³-hybridized carbons (Fsp3) is 0.944. The van der Waals surface area contributed by atoms with Crippen molar-refractivity contribution >= 4 is 12.1 Å². The number of esters is 1. The van der Waals surface area contributed by atoms with Gasteiger partial charge >= 0.3 is 12.1 Å². The number of carbonyl (C=O) groups is 2. The van der Waals surface area contributed by atoms with Crippen molar-refractivity contribution < 1.29 is 23.8 Å². The molecule has 0 aliphatic carbocycles. The van der Waals surface area contributed by atoms with E-state index < -0.39 is 6.16 Å². The summed E-state index contributed by atoms with van der Waals surface area (Å²) < 4.78 is 17.0. The highest BCUT2D eigenvalue weighted by Gasteiger charge is 2.18. The highest BCUT2D eigenvalue weighted by atomic mass is 16.7. The summed E-state index contributed by atoms with van der Waals surface area (Å²) in [6, 6.07) is 0.383. The first kappa shape index (κ1) is 41.7. The second-order valence-corrected chi connectivity index (χ2v) is 12.6. The number of carbonyl (C=O) groups excluding carboxylic acids is 2. The third-order valence-corrected chi connectivity index (χ3v) is 8.64. The average Bonchev–Trinajstić information content (AvgIpc) is 2.99. The summed E-state index contributed by atoms with van der Waals surface area (Å²) in [5.41, 5.74) is 0. The number of ether oxygens (including phenoxy) is 3. The Morgan fingerprint density at radius 2 is 1.21 bits per heavy atom. The first-order valence-corrected chi connectivity index (χ1v) is 18.3. The Bertz CT molecular complexity index is 641. The van der Waals surface area contributed by atoms with Crippen LogP contribution in [0, 0.1) is 5.92 Å². The molecule has 0 aromatic heterocycles. The summed E-state index contributed by atoms with van der Waals surface area (Å²) >= 11 is 0. The number of rotatable bonds is 30. The van der Waals surface area contributed by atoms with Gasteiger partial charge in [0.2, 0.25) is 0 Å². The van der Waals surface area contributed by atoms with Crippen LogP contribution in [0.4, 0.5) is 4.79 Å². The molecule has 0 rings (SSSR count). The predicted octanol–water partition coefficient (Wildman–Crippen LogP) is 9.41. The zero-order chi connectivity index (χ0) is 32.1. The second kappa shape index (κ2) is 29.4. The number of likely N-dealkylation sites (N-methyl/N-ethyl adjacent to an activating group) is 1. The van der Waals surface area contributed by atoms with Gasteiger partial charge in [0.15, 0.2) is 0 Å². The maximum absolute atomic E-state index is 12.6. The van der Waals surface area contributed by atoms with Crippen LogP contribution in [0.25, 0.3) is 0 Å². The van der Waals surface area contributed by atoms with Crippen molar-refractivity contribution in [1.82, 2.24) is 9.80 Å². The quantitative estimate of drug-likeness (QED) is 0.0591. The molecule has 0 amide bonds. The normalized spacial score (nSPS) is 13.1. The molecule has 0 aromatic rings. The van der Waals surface area contributed by atoms with Crippen LogP contribution >= 0.6 is 0 Å². The first-order valence-electron chi connectivity index (χ1n) is 18.3. The molecular weight excluding hydrogens is 540 g/mol. The van der Waals surface area contributed by atoms with E-state index in [0.717, 1.165) is 58.3 Å². The Balaban J connectivity index is 4.69. The van der Waals surface area contributed by atoms with Gasteiger partial charge in [-0.2, -0.15) is 0 Å². The van der Waals surface area contributed by atoms with Crippen molar-refractivity contribution in [3.8, 4) is 0 Å². The lowest BCUT2D eigenvalue weighted by molar-refractivity contribution is -0.145. The molecule has 0 heterocycles. The van der Waals surface area contributed by atoms with Gasteiger partial charge in [-0.15, -0.1) is 0 Å². The number of unbranched alkanes of at least 4 members (excludes halogenated alkanes) is 8. The third kappa shape index (κ3) is 24.6. The van der Waals surface area contributed by atoms with E-state index in [1.54, 1.807) is 0 Å². The molecule has 0 spiro atoms. The fourth-order valence-corrected chi connectivity index (χ4v) is 5.51. The van der Waals surface area contributed by atoms with E-state index >= 15 is 0 Å². The third-order valence-electron chi connectivity index (χ3n) is 8.64. The summed E-state index contributed by atoms with van der Waals surface area (Å²) in [7, 11) is 0.